The van der Waals surface area contributed by atoms with Gasteiger partial charge in [-0.2, -0.15) is 5.10 Å². The van der Waals surface area contributed by atoms with Crippen LogP contribution in [0.5, 0.6) is 0 Å². The molecule has 2 aromatic rings. The summed E-state index contributed by atoms with van der Waals surface area (Å²) in [5.74, 6) is -1.03. The maximum absolute atomic E-state index is 10.8. The summed E-state index contributed by atoms with van der Waals surface area (Å²) in [5, 5.41) is 15.3. The van der Waals surface area contributed by atoms with Crippen molar-refractivity contribution in [2.45, 2.75) is 6.61 Å². The standard InChI is InChI=1S/C12H11BrN2O3/c1-18-6-7-4-8(13)2-3-9(7)10-5-11(12(16)17)15-14-10/h2-5H,6H2,1H3,(H,14,15)(H,16,17). The first kappa shape index (κ1) is 12.8. The third-order valence-electron chi connectivity index (χ3n) is 2.45. The van der Waals surface area contributed by atoms with Crippen LogP contribution < -0.4 is 0 Å². The number of nitrogens with one attached hydrogen (secondary N) is 1. The minimum atomic E-state index is -1.03. The van der Waals surface area contributed by atoms with Crippen LogP contribution in [0.15, 0.2) is 28.7 Å². The van der Waals surface area contributed by atoms with Crippen molar-refractivity contribution in [3.05, 3.63) is 40.0 Å². The van der Waals surface area contributed by atoms with Crippen molar-refractivity contribution in [1.82, 2.24) is 10.2 Å². The summed E-state index contributed by atoms with van der Waals surface area (Å²) in [6.45, 7) is 0.435. The van der Waals surface area contributed by atoms with Gasteiger partial charge in [0.1, 0.15) is 5.69 Å². The highest BCUT2D eigenvalue weighted by atomic mass is 79.9. The third kappa shape index (κ3) is 2.60. The van der Waals surface area contributed by atoms with Crippen molar-refractivity contribution < 1.29 is 14.6 Å². The summed E-state index contributed by atoms with van der Waals surface area (Å²) >= 11 is 3.39. The van der Waals surface area contributed by atoms with Crippen LogP contribution in [0.1, 0.15) is 16.1 Å². The Bertz CT molecular complexity index is 580. The molecule has 0 aliphatic carbocycles. The molecule has 0 amide bonds. The van der Waals surface area contributed by atoms with Crippen molar-refractivity contribution in [3.8, 4) is 11.3 Å². The fraction of sp³-hybridized carbons (Fsp3) is 0.167. The third-order valence-corrected chi connectivity index (χ3v) is 2.94. The fourth-order valence-electron chi connectivity index (χ4n) is 1.66. The number of hydrogen-bond donors (Lipinski definition) is 2. The van der Waals surface area contributed by atoms with E-state index in [1.807, 2.05) is 18.2 Å². The number of carboxylic acids is 1. The number of hydrogen-bond acceptors (Lipinski definition) is 3. The monoisotopic (exact) mass is 310 g/mol. The number of halogens is 1. The van der Waals surface area contributed by atoms with Crippen LogP contribution in [0.3, 0.4) is 0 Å². The summed E-state index contributed by atoms with van der Waals surface area (Å²) in [7, 11) is 1.61. The molecule has 2 N–H and O–H groups in total. The Balaban J connectivity index is 2.45. The normalized spacial score (nSPS) is 10.6. The second-order valence-corrected chi connectivity index (χ2v) is 4.62. The van der Waals surface area contributed by atoms with Crippen LogP contribution in [-0.2, 0) is 11.3 Å². The summed E-state index contributed by atoms with van der Waals surface area (Å²) in [6, 6.07) is 7.18. The van der Waals surface area contributed by atoms with E-state index >= 15 is 0 Å². The van der Waals surface area contributed by atoms with Gasteiger partial charge in [0.2, 0.25) is 0 Å². The summed E-state index contributed by atoms with van der Waals surface area (Å²) in [6.07, 6.45) is 0. The molecule has 0 radical (unpaired) electrons. The van der Waals surface area contributed by atoms with Gasteiger partial charge in [-0.15, -0.1) is 0 Å². The summed E-state index contributed by atoms with van der Waals surface area (Å²) in [5.41, 5.74) is 2.45. The molecule has 94 valence electrons. The lowest BCUT2D eigenvalue weighted by Crippen LogP contribution is -1.95. The SMILES string of the molecule is COCc1cc(Br)ccc1-c1cc(C(=O)O)[nH]n1. The van der Waals surface area contributed by atoms with E-state index in [1.165, 1.54) is 6.07 Å². The van der Waals surface area contributed by atoms with Gasteiger partial charge in [0.15, 0.2) is 0 Å². The molecule has 0 saturated heterocycles. The summed E-state index contributed by atoms with van der Waals surface area (Å²) in [4.78, 5) is 10.8. The first-order valence-electron chi connectivity index (χ1n) is 5.18. The van der Waals surface area contributed by atoms with Crippen LogP contribution in [0.25, 0.3) is 11.3 Å². The molecular weight excluding hydrogens is 300 g/mol. The van der Waals surface area contributed by atoms with Gasteiger partial charge in [-0.3, -0.25) is 5.10 Å². The lowest BCUT2D eigenvalue weighted by molar-refractivity contribution is 0.0690. The average Bonchev–Trinajstić information content (AvgIpc) is 2.79. The quantitative estimate of drug-likeness (QED) is 0.910. The van der Waals surface area contributed by atoms with Gasteiger partial charge in [0.25, 0.3) is 0 Å². The van der Waals surface area contributed by atoms with Crippen LogP contribution in [-0.4, -0.2) is 28.4 Å². The van der Waals surface area contributed by atoms with Crippen molar-refractivity contribution in [3.63, 3.8) is 0 Å². The highest BCUT2D eigenvalue weighted by molar-refractivity contribution is 9.10. The van der Waals surface area contributed by atoms with E-state index in [1.54, 1.807) is 7.11 Å². The Hall–Kier alpha value is -1.66. The van der Waals surface area contributed by atoms with Gasteiger partial charge in [-0.1, -0.05) is 22.0 Å². The van der Waals surface area contributed by atoms with Gasteiger partial charge in [0.05, 0.1) is 12.3 Å². The number of ether oxygens (including phenoxy) is 1. The highest BCUT2D eigenvalue weighted by Gasteiger charge is 2.12. The minimum Gasteiger partial charge on any atom is -0.477 e. The van der Waals surface area contributed by atoms with E-state index in [2.05, 4.69) is 26.1 Å². The summed E-state index contributed by atoms with van der Waals surface area (Å²) < 4.78 is 6.06. The average molecular weight is 311 g/mol. The number of aromatic carboxylic acids is 1. The number of rotatable bonds is 4. The molecule has 0 aliphatic rings. The molecule has 1 aromatic heterocycles. The predicted molar refractivity (Wildman–Crippen MR) is 69.4 cm³/mol. The van der Waals surface area contributed by atoms with Gasteiger partial charge >= 0.3 is 5.97 Å². The number of carboxylic acid groups (broad SMARTS) is 1. The number of aromatic nitrogens is 2. The number of methoxy groups -OCH3 is 1. The maximum Gasteiger partial charge on any atom is 0.353 e. The smallest absolute Gasteiger partial charge is 0.353 e. The largest absolute Gasteiger partial charge is 0.477 e. The Morgan fingerprint density at radius 3 is 2.89 bits per heavy atom. The van der Waals surface area contributed by atoms with Gasteiger partial charge < -0.3 is 9.84 Å². The molecule has 2 rings (SSSR count). The molecule has 1 heterocycles. The molecule has 0 fully saturated rings. The lowest BCUT2D eigenvalue weighted by atomic mass is 10.1. The second-order valence-electron chi connectivity index (χ2n) is 3.71. The topological polar surface area (TPSA) is 75.2 Å². The van der Waals surface area contributed by atoms with Crippen molar-refractivity contribution in [2.75, 3.05) is 7.11 Å². The zero-order chi connectivity index (χ0) is 13.1. The number of aromatic amines is 1. The van der Waals surface area contributed by atoms with Gasteiger partial charge in [-0.05, 0) is 23.8 Å². The lowest BCUT2D eigenvalue weighted by Gasteiger charge is -2.06. The van der Waals surface area contributed by atoms with Crippen LogP contribution in [0.2, 0.25) is 0 Å². The molecule has 5 nitrogen and oxygen atoms in total. The molecule has 6 heteroatoms. The van der Waals surface area contributed by atoms with E-state index in [-0.39, 0.29) is 5.69 Å². The molecule has 18 heavy (non-hydrogen) atoms. The Morgan fingerprint density at radius 2 is 2.28 bits per heavy atom. The van der Waals surface area contributed by atoms with E-state index in [0.717, 1.165) is 15.6 Å². The number of carbonyl (C=O) groups is 1. The second kappa shape index (κ2) is 5.32. The van der Waals surface area contributed by atoms with E-state index in [9.17, 15) is 4.79 Å². The Labute approximate surface area is 112 Å². The van der Waals surface area contributed by atoms with Crippen molar-refractivity contribution in [1.29, 1.82) is 0 Å². The first-order chi connectivity index (χ1) is 8.61. The molecule has 0 saturated carbocycles. The molecule has 0 aliphatic heterocycles. The predicted octanol–water partition coefficient (Wildman–Crippen LogP) is 2.68. The fourth-order valence-corrected chi connectivity index (χ4v) is 2.06. The van der Waals surface area contributed by atoms with E-state index in [4.69, 9.17) is 9.84 Å². The Kier molecular flexibility index (Phi) is 3.78. The van der Waals surface area contributed by atoms with Crippen LogP contribution in [0.4, 0.5) is 0 Å². The van der Waals surface area contributed by atoms with Crippen molar-refractivity contribution >= 4 is 21.9 Å². The number of nitrogens with zero attached hydrogens (tertiary/aromatic N) is 1. The minimum absolute atomic E-state index is 0.0660. The zero-order valence-electron chi connectivity index (χ0n) is 9.61. The molecule has 0 atom stereocenters. The number of H-pyrrole nitrogens is 1. The van der Waals surface area contributed by atoms with E-state index in [0.29, 0.717) is 12.3 Å². The van der Waals surface area contributed by atoms with Gasteiger partial charge in [-0.25, -0.2) is 4.79 Å². The molecule has 0 spiro atoms. The first-order valence-corrected chi connectivity index (χ1v) is 5.97. The number of benzene rings is 1. The molecule has 1 aromatic carbocycles. The zero-order valence-corrected chi connectivity index (χ0v) is 11.2. The van der Waals surface area contributed by atoms with E-state index < -0.39 is 5.97 Å². The van der Waals surface area contributed by atoms with Crippen molar-refractivity contribution in [2.24, 2.45) is 0 Å². The molecule has 0 unspecified atom stereocenters. The molecular formula is C12H11BrN2O3. The highest BCUT2D eigenvalue weighted by Crippen LogP contribution is 2.26. The van der Waals surface area contributed by atoms with Crippen LogP contribution in [0, 0.1) is 0 Å². The molecule has 0 bridgehead atoms. The Morgan fingerprint density at radius 1 is 1.50 bits per heavy atom. The van der Waals surface area contributed by atoms with Gasteiger partial charge in [0, 0.05) is 17.1 Å². The van der Waals surface area contributed by atoms with Crippen LogP contribution >= 0.6 is 15.9 Å². The maximum atomic E-state index is 10.8.